The third-order valence-corrected chi connectivity index (χ3v) is 12.2. The highest BCUT2D eigenvalue weighted by Gasteiger charge is 2.77. The molecule has 3 saturated carbocycles. The van der Waals surface area contributed by atoms with E-state index in [1.807, 2.05) is 0 Å². The number of carbonyl (C=O) groups excluding carboxylic acids is 1. The molecule has 3 fully saturated rings. The van der Waals surface area contributed by atoms with E-state index in [2.05, 4.69) is 33.9 Å². The zero-order chi connectivity index (χ0) is 17.1. The number of rotatable bonds is 3. The van der Waals surface area contributed by atoms with E-state index in [1.54, 1.807) is 7.11 Å². The van der Waals surface area contributed by atoms with Crippen molar-refractivity contribution < 1.29 is 14.0 Å². The number of esters is 1. The van der Waals surface area contributed by atoms with Crippen LogP contribution in [0, 0.1) is 17.3 Å². The molecular formula is C19H34O3Si. The highest BCUT2D eigenvalue weighted by molar-refractivity contribution is 6.74. The van der Waals surface area contributed by atoms with Crippen molar-refractivity contribution in [2.75, 3.05) is 7.11 Å². The predicted octanol–water partition coefficient (Wildman–Crippen LogP) is 4.91. The molecule has 1 spiro atoms. The molecule has 132 valence electrons. The molecule has 3 rings (SSSR count). The van der Waals surface area contributed by atoms with Crippen molar-refractivity contribution in [3.8, 4) is 0 Å². The Morgan fingerprint density at radius 3 is 2.30 bits per heavy atom. The first-order valence-electron chi connectivity index (χ1n) is 9.39. The van der Waals surface area contributed by atoms with E-state index in [9.17, 15) is 4.79 Å². The summed E-state index contributed by atoms with van der Waals surface area (Å²) in [5.41, 5.74) is 0.0299. The van der Waals surface area contributed by atoms with Gasteiger partial charge in [0, 0.05) is 5.41 Å². The van der Waals surface area contributed by atoms with Crippen LogP contribution in [0.5, 0.6) is 0 Å². The van der Waals surface area contributed by atoms with Crippen LogP contribution in [-0.4, -0.2) is 27.0 Å². The Morgan fingerprint density at radius 2 is 1.70 bits per heavy atom. The topological polar surface area (TPSA) is 35.5 Å². The van der Waals surface area contributed by atoms with E-state index in [0.717, 1.165) is 6.42 Å². The molecule has 3 nitrogen and oxygen atoms in total. The van der Waals surface area contributed by atoms with E-state index < -0.39 is 8.32 Å². The Kier molecular flexibility index (Phi) is 4.04. The normalized spacial score (nSPS) is 40.1. The second-order valence-electron chi connectivity index (χ2n) is 9.61. The summed E-state index contributed by atoms with van der Waals surface area (Å²) < 4.78 is 12.3. The minimum absolute atomic E-state index is 0.0202. The predicted molar refractivity (Wildman–Crippen MR) is 94.8 cm³/mol. The summed E-state index contributed by atoms with van der Waals surface area (Å²) in [4.78, 5) is 12.6. The summed E-state index contributed by atoms with van der Waals surface area (Å²) in [5.74, 6) is 0.456. The third-order valence-electron chi connectivity index (χ3n) is 7.71. The van der Waals surface area contributed by atoms with E-state index >= 15 is 0 Å². The Bertz CT molecular complexity index is 495. The number of hydrogen-bond acceptors (Lipinski definition) is 3. The number of methoxy groups -OCH3 is 1. The lowest BCUT2D eigenvalue weighted by atomic mass is 9.40. The van der Waals surface area contributed by atoms with Gasteiger partial charge < -0.3 is 9.16 Å². The van der Waals surface area contributed by atoms with E-state index in [4.69, 9.17) is 9.16 Å². The van der Waals surface area contributed by atoms with E-state index in [-0.39, 0.29) is 27.9 Å². The molecule has 4 heteroatoms. The minimum Gasteiger partial charge on any atom is -0.469 e. The van der Waals surface area contributed by atoms with Gasteiger partial charge in [0.05, 0.1) is 18.6 Å². The molecule has 0 amide bonds. The van der Waals surface area contributed by atoms with Gasteiger partial charge in [0.25, 0.3) is 0 Å². The molecule has 0 aromatic rings. The van der Waals surface area contributed by atoms with Crippen molar-refractivity contribution in [2.24, 2.45) is 17.3 Å². The summed E-state index contributed by atoms with van der Waals surface area (Å²) in [6, 6.07) is 0. The molecule has 0 N–H and O–H groups in total. The molecule has 0 radical (unpaired) electrons. The van der Waals surface area contributed by atoms with Crippen LogP contribution in [0.25, 0.3) is 0 Å². The van der Waals surface area contributed by atoms with Gasteiger partial charge in [-0.25, -0.2) is 0 Å². The molecule has 0 heterocycles. The van der Waals surface area contributed by atoms with Gasteiger partial charge >= 0.3 is 5.97 Å². The summed E-state index contributed by atoms with van der Waals surface area (Å²) in [6.07, 6.45) is 8.47. The Morgan fingerprint density at radius 1 is 1.09 bits per heavy atom. The number of carbonyl (C=O) groups is 1. The van der Waals surface area contributed by atoms with Crippen molar-refractivity contribution in [1.82, 2.24) is 0 Å². The van der Waals surface area contributed by atoms with Gasteiger partial charge in [-0.15, -0.1) is 0 Å². The lowest BCUT2D eigenvalue weighted by Crippen LogP contribution is -2.75. The van der Waals surface area contributed by atoms with Gasteiger partial charge in [-0.3, -0.25) is 4.79 Å². The van der Waals surface area contributed by atoms with Crippen molar-refractivity contribution in [3.05, 3.63) is 0 Å². The Balaban J connectivity index is 2.01. The largest absolute Gasteiger partial charge is 0.469 e. The molecule has 0 bridgehead atoms. The zero-order valence-electron chi connectivity index (χ0n) is 15.8. The van der Waals surface area contributed by atoms with Crippen LogP contribution >= 0.6 is 0 Å². The van der Waals surface area contributed by atoms with Gasteiger partial charge in [-0.1, -0.05) is 40.0 Å². The standard InChI is InChI=1S/C19H34O3Si/c1-17(2,3)23(5,6)22-19-13-8-7-11-18(19)12-9-10-14(18)15(19)16(20)21-4/h14-15H,7-13H2,1-6H3/t14-,15+,18-,19+/m1/s1. The lowest BCUT2D eigenvalue weighted by Gasteiger charge is -2.70. The molecule has 0 aliphatic heterocycles. The molecule has 3 aliphatic carbocycles. The smallest absolute Gasteiger partial charge is 0.311 e. The van der Waals surface area contributed by atoms with Crippen LogP contribution in [-0.2, 0) is 14.0 Å². The number of ether oxygens (including phenoxy) is 1. The lowest BCUT2D eigenvalue weighted by molar-refractivity contribution is -0.262. The highest BCUT2D eigenvalue weighted by atomic mass is 28.4. The third kappa shape index (κ3) is 2.20. The maximum Gasteiger partial charge on any atom is 0.311 e. The van der Waals surface area contributed by atoms with Crippen molar-refractivity contribution >= 4 is 14.3 Å². The second kappa shape index (κ2) is 5.32. The fourth-order valence-corrected chi connectivity index (χ4v) is 7.36. The molecule has 0 aromatic carbocycles. The first-order chi connectivity index (χ1) is 10.6. The summed E-state index contributed by atoms with van der Waals surface area (Å²) >= 11 is 0. The van der Waals surface area contributed by atoms with Gasteiger partial charge in [0.1, 0.15) is 0 Å². The molecule has 0 saturated heterocycles. The van der Waals surface area contributed by atoms with Crippen LogP contribution in [0.1, 0.15) is 65.7 Å². The van der Waals surface area contributed by atoms with Gasteiger partial charge in [-0.2, -0.15) is 0 Å². The SMILES string of the molecule is COC(=O)[C@@H]1[C@H]2CCC[C@]23CCCC[C@]13O[Si](C)(C)C(C)(C)C. The summed E-state index contributed by atoms with van der Waals surface area (Å²) in [6.45, 7) is 11.6. The maximum absolute atomic E-state index is 12.6. The molecule has 23 heavy (non-hydrogen) atoms. The molecular weight excluding hydrogens is 304 g/mol. The molecule has 0 aromatic heterocycles. The first-order valence-corrected chi connectivity index (χ1v) is 12.3. The summed E-state index contributed by atoms with van der Waals surface area (Å²) in [5, 5.41) is 0.171. The van der Waals surface area contributed by atoms with Crippen LogP contribution < -0.4 is 0 Å². The molecule has 4 atom stereocenters. The van der Waals surface area contributed by atoms with Crippen LogP contribution in [0.4, 0.5) is 0 Å². The van der Waals surface area contributed by atoms with E-state index in [1.165, 1.54) is 38.5 Å². The monoisotopic (exact) mass is 338 g/mol. The van der Waals surface area contributed by atoms with Gasteiger partial charge in [0.2, 0.25) is 0 Å². The van der Waals surface area contributed by atoms with Crippen LogP contribution in [0.15, 0.2) is 0 Å². The van der Waals surface area contributed by atoms with Crippen LogP contribution in [0.3, 0.4) is 0 Å². The quantitative estimate of drug-likeness (QED) is 0.542. The molecule has 0 unspecified atom stereocenters. The first kappa shape index (κ1) is 17.5. The summed E-state index contributed by atoms with van der Waals surface area (Å²) in [7, 11) is -0.387. The Hall–Kier alpha value is -0.353. The average molecular weight is 339 g/mol. The van der Waals surface area contributed by atoms with Crippen molar-refractivity contribution in [2.45, 2.75) is 89.5 Å². The van der Waals surface area contributed by atoms with E-state index in [0.29, 0.717) is 5.92 Å². The Labute approximate surface area is 142 Å². The number of hydrogen-bond donors (Lipinski definition) is 0. The molecule has 3 aliphatic rings. The fourth-order valence-electron chi connectivity index (χ4n) is 5.71. The minimum atomic E-state index is -1.93. The zero-order valence-corrected chi connectivity index (χ0v) is 16.8. The fraction of sp³-hybridized carbons (Fsp3) is 0.947. The second-order valence-corrected chi connectivity index (χ2v) is 14.3. The average Bonchev–Trinajstić information content (AvgIpc) is 2.78. The highest BCUT2D eigenvalue weighted by Crippen LogP contribution is 2.74. The maximum atomic E-state index is 12.6. The van der Waals surface area contributed by atoms with Crippen LogP contribution in [0.2, 0.25) is 18.1 Å². The van der Waals surface area contributed by atoms with Crippen molar-refractivity contribution in [3.63, 3.8) is 0 Å². The van der Waals surface area contributed by atoms with Crippen molar-refractivity contribution in [1.29, 1.82) is 0 Å². The van der Waals surface area contributed by atoms with Gasteiger partial charge in [0.15, 0.2) is 8.32 Å². The van der Waals surface area contributed by atoms with Gasteiger partial charge in [-0.05, 0) is 49.7 Å².